The van der Waals surface area contributed by atoms with Gasteiger partial charge in [-0.2, -0.15) is 4.31 Å². The van der Waals surface area contributed by atoms with Gasteiger partial charge in [-0.3, -0.25) is 4.90 Å². The Morgan fingerprint density at radius 3 is 2.50 bits per heavy atom. The van der Waals surface area contributed by atoms with E-state index in [1.165, 1.54) is 10.6 Å². The molecule has 0 aliphatic carbocycles. The van der Waals surface area contributed by atoms with E-state index in [0.717, 1.165) is 25.2 Å². The molecule has 1 aliphatic heterocycles. The lowest BCUT2D eigenvalue weighted by atomic mass is 10.3. The van der Waals surface area contributed by atoms with E-state index >= 15 is 0 Å². The first-order valence-corrected chi connectivity index (χ1v) is 8.78. The lowest BCUT2D eigenvalue weighted by Crippen LogP contribution is -2.48. The van der Waals surface area contributed by atoms with Crippen LogP contribution in [0.4, 0.5) is 0 Å². The molecule has 0 atom stereocenters. The zero-order valence-corrected chi connectivity index (χ0v) is 12.9. The Kier molecular flexibility index (Phi) is 5.06. The Hall–Kier alpha value is -1.06. The second kappa shape index (κ2) is 6.59. The number of tetrazole rings is 1. The van der Waals surface area contributed by atoms with Crippen molar-refractivity contribution < 1.29 is 8.42 Å². The molecule has 1 saturated heterocycles. The Bertz CT molecular complexity index is 521. The summed E-state index contributed by atoms with van der Waals surface area (Å²) in [6.45, 7) is 6.15. The lowest BCUT2D eigenvalue weighted by molar-refractivity contribution is 0.176. The van der Waals surface area contributed by atoms with Crippen LogP contribution in [0.25, 0.3) is 0 Å². The van der Waals surface area contributed by atoms with E-state index in [9.17, 15) is 8.42 Å². The van der Waals surface area contributed by atoms with Gasteiger partial charge in [-0.15, -0.1) is 5.10 Å². The molecule has 0 unspecified atom stereocenters. The average Bonchev–Trinajstić information content (AvgIpc) is 2.83. The van der Waals surface area contributed by atoms with Crippen molar-refractivity contribution in [3.8, 4) is 0 Å². The first-order valence-electron chi connectivity index (χ1n) is 6.93. The highest BCUT2D eigenvalue weighted by Gasteiger charge is 2.24. The van der Waals surface area contributed by atoms with Crippen molar-refractivity contribution in [1.82, 2.24) is 29.4 Å². The van der Waals surface area contributed by atoms with Gasteiger partial charge >= 0.3 is 0 Å². The summed E-state index contributed by atoms with van der Waals surface area (Å²) < 4.78 is 26.3. The Morgan fingerprint density at radius 1 is 1.20 bits per heavy atom. The molecule has 9 heteroatoms. The molecule has 1 fully saturated rings. The van der Waals surface area contributed by atoms with Crippen LogP contribution in [0.5, 0.6) is 0 Å². The van der Waals surface area contributed by atoms with Gasteiger partial charge in [0.1, 0.15) is 0 Å². The third-order valence-corrected chi connectivity index (χ3v) is 4.80. The van der Waals surface area contributed by atoms with E-state index in [2.05, 4.69) is 27.3 Å². The molecular formula is C11H22N6O2S. The van der Waals surface area contributed by atoms with Crippen LogP contribution in [0.3, 0.4) is 0 Å². The fourth-order valence-corrected chi connectivity index (χ4v) is 3.06. The summed E-state index contributed by atoms with van der Waals surface area (Å²) in [5.41, 5.74) is 0. The van der Waals surface area contributed by atoms with E-state index in [4.69, 9.17) is 0 Å². The van der Waals surface area contributed by atoms with Gasteiger partial charge in [-0.1, -0.05) is 13.3 Å². The number of aromatic nitrogens is 4. The second-order valence-electron chi connectivity index (χ2n) is 5.11. The molecular weight excluding hydrogens is 280 g/mol. The highest BCUT2D eigenvalue weighted by molar-refractivity contribution is 7.88. The first kappa shape index (κ1) is 15.3. The topological polar surface area (TPSA) is 84.2 Å². The SMILES string of the molecule is CCCCn1nnnc1CN1CCN(S(C)(=O)=O)CC1. The highest BCUT2D eigenvalue weighted by Crippen LogP contribution is 2.09. The fraction of sp³-hybridized carbons (Fsp3) is 0.909. The fourth-order valence-electron chi connectivity index (χ4n) is 2.24. The highest BCUT2D eigenvalue weighted by atomic mass is 32.2. The van der Waals surface area contributed by atoms with E-state index in [0.29, 0.717) is 32.7 Å². The number of nitrogens with zero attached hydrogens (tertiary/aromatic N) is 6. The van der Waals surface area contributed by atoms with Crippen LogP contribution in [0, 0.1) is 0 Å². The largest absolute Gasteiger partial charge is 0.293 e. The van der Waals surface area contributed by atoms with Crippen LogP contribution in [-0.4, -0.2) is 70.3 Å². The van der Waals surface area contributed by atoms with Gasteiger partial charge in [0, 0.05) is 32.7 Å². The smallest absolute Gasteiger partial charge is 0.211 e. The molecule has 8 nitrogen and oxygen atoms in total. The van der Waals surface area contributed by atoms with E-state index in [-0.39, 0.29) is 0 Å². The minimum atomic E-state index is -3.07. The van der Waals surface area contributed by atoms with Gasteiger partial charge < -0.3 is 0 Å². The van der Waals surface area contributed by atoms with E-state index in [1.807, 2.05) is 4.68 Å². The monoisotopic (exact) mass is 302 g/mol. The Labute approximate surface area is 119 Å². The predicted octanol–water partition coefficient (Wildman–Crippen LogP) is -0.450. The van der Waals surface area contributed by atoms with Crippen molar-refractivity contribution in [2.45, 2.75) is 32.9 Å². The van der Waals surface area contributed by atoms with Gasteiger partial charge in [0.2, 0.25) is 10.0 Å². The second-order valence-corrected chi connectivity index (χ2v) is 7.09. The summed E-state index contributed by atoms with van der Waals surface area (Å²) in [7, 11) is -3.07. The van der Waals surface area contributed by atoms with Crippen LogP contribution >= 0.6 is 0 Å². The molecule has 0 saturated carbocycles. The summed E-state index contributed by atoms with van der Waals surface area (Å²) in [5, 5.41) is 11.8. The Balaban J connectivity index is 1.88. The van der Waals surface area contributed by atoms with Crippen LogP contribution in [0.15, 0.2) is 0 Å². The lowest BCUT2D eigenvalue weighted by Gasteiger charge is -2.32. The number of aryl methyl sites for hydroxylation is 1. The van der Waals surface area contributed by atoms with Crippen molar-refractivity contribution in [1.29, 1.82) is 0 Å². The number of unbranched alkanes of at least 4 members (excludes halogenated alkanes) is 1. The van der Waals surface area contributed by atoms with Crippen molar-refractivity contribution in [3.05, 3.63) is 5.82 Å². The number of hydrogen-bond donors (Lipinski definition) is 0. The predicted molar refractivity (Wildman–Crippen MR) is 74.4 cm³/mol. The molecule has 0 spiro atoms. The summed E-state index contributed by atoms with van der Waals surface area (Å²) in [6, 6.07) is 0. The number of sulfonamides is 1. The van der Waals surface area contributed by atoms with Gasteiger partial charge in [-0.25, -0.2) is 13.1 Å². The van der Waals surface area contributed by atoms with E-state index < -0.39 is 10.0 Å². The van der Waals surface area contributed by atoms with Crippen molar-refractivity contribution in [2.75, 3.05) is 32.4 Å². The van der Waals surface area contributed by atoms with Gasteiger partial charge in [0.25, 0.3) is 0 Å². The maximum atomic E-state index is 11.5. The first-order chi connectivity index (χ1) is 9.50. The zero-order valence-electron chi connectivity index (χ0n) is 12.1. The molecule has 20 heavy (non-hydrogen) atoms. The number of piperazine rings is 1. The van der Waals surface area contributed by atoms with Crippen LogP contribution < -0.4 is 0 Å². The molecule has 1 aliphatic rings. The molecule has 2 heterocycles. The molecule has 0 N–H and O–H groups in total. The summed E-state index contributed by atoms with van der Waals surface area (Å²) in [5.74, 6) is 0.853. The van der Waals surface area contributed by atoms with Crippen molar-refractivity contribution in [2.24, 2.45) is 0 Å². The summed E-state index contributed by atoms with van der Waals surface area (Å²) >= 11 is 0. The van der Waals surface area contributed by atoms with Gasteiger partial charge in [0.05, 0.1) is 12.8 Å². The van der Waals surface area contributed by atoms with Crippen molar-refractivity contribution in [3.63, 3.8) is 0 Å². The van der Waals surface area contributed by atoms with E-state index in [1.54, 1.807) is 0 Å². The molecule has 0 amide bonds. The maximum Gasteiger partial charge on any atom is 0.211 e. The maximum absolute atomic E-state index is 11.5. The molecule has 2 rings (SSSR count). The minimum absolute atomic E-state index is 0.537. The molecule has 1 aromatic heterocycles. The molecule has 114 valence electrons. The molecule has 1 aromatic rings. The standard InChI is InChI=1S/C11H22N6O2S/c1-3-4-5-17-11(12-13-14-17)10-15-6-8-16(9-7-15)20(2,18)19/h3-10H2,1-2H3. The van der Waals surface area contributed by atoms with Crippen LogP contribution in [0.2, 0.25) is 0 Å². The number of rotatable bonds is 6. The van der Waals surface area contributed by atoms with Crippen LogP contribution in [-0.2, 0) is 23.1 Å². The summed E-state index contributed by atoms with van der Waals surface area (Å²) in [4.78, 5) is 2.19. The molecule has 0 aromatic carbocycles. The third kappa shape index (κ3) is 3.97. The quantitative estimate of drug-likeness (QED) is 0.708. The normalized spacial score (nSPS) is 18.5. The molecule has 0 radical (unpaired) electrons. The average molecular weight is 302 g/mol. The Morgan fingerprint density at radius 2 is 1.90 bits per heavy atom. The summed E-state index contributed by atoms with van der Waals surface area (Å²) in [6.07, 6.45) is 3.42. The number of hydrogen-bond acceptors (Lipinski definition) is 6. The van der Waals surface area contributed by atoms with Gasteiger partial charge in [0.15, 0.2) is 5.82 Å². The van der Waals surface area contributed by atoms with Crippen molar-refractivity contribution >= 4 is 10.0 Å². The van der Waals surface area contributed by atoms with Gasteiger partial charge in [-0.05, 0) is 16.8 Å². The molecule has 0 bridgehead atoms. The zero-order chi connectivity index (χ0) is 14.6. The van der Waals surface area contributed by atoms with Crippen LogP contribution in [0.1, 0.15) is 25.6 Å². The third-order valence-electron chi connectivity index (χ3n) is 3.49. The minimum Gasteiger partial charge on any atom is -0.293 e.